The van der Waals surface area contributed by atoms with Crippen LogP contribution in [0.2, 0.25) is 0 Å². The Morgan fingerprint density at radius 2 is 1.94 bits per heavy atom. The van der Waals surface area contributed by atoms with Crippen molar-refractivity contribution in [1.29, 1.82) is 0 Å². The number of nitrogens with one attached hydrogen (secondary N) is 1. The summed E-state index contributed by atoms with van der Waals surface area (Å²) in [7, 11) is 1.63. The van der Waals surface area contributed by atoms with E-state index in [2.05, 4.69) is 37.2 Å². The highest BCUT2D eigenvalue weighted by atomic mass is 79.9. The maximum atomic E-state index is 9.63. The first-order valence-electron chi connectivity index (χ1n) is 5.33. The first-order valence-corrected chi connectivity index (χ1v) is 6.91. The number of ether oxygens (including phenoxy) is 1. The highest BCUT2D eigenvalue weighted by Crippen LogP contribution is 2.34. The predicted octanol–water partition coefficient (Wildman–Crippen LogP) is 3.79. The van der Waals surface area contributed by atoms with Crippen LogP contribution in [0.25, 0.3) is 0 Å². The first kappa shape index (κ1) is 14.8. The van der Waals surface area contributed by atoms with E-state index >= 15 is 0 Å². The fourth-order valence-electron chi connectivity index (χ4n) is 1.32. The molecule has 0 aliphatic carbocycles. The number of hydrogen-bond acceptors (Lipinski definition) is 3. The van der Waals surface area contributed by atoms with Gasteiger partial charge in [-0.2, -0.15) is 0 Å². The molecule has 0 fully saturated rings. The van der Waals surface area contributed by atoms with Gasteiger partial charge in [-0.15, -0.1) is 0 Å². The summed E-state index contributed by atoms with van der Waals surface area (Å²) in [5.41, 5.74) is 0.299. The van der Waals surface area contributed by atoms with E-state index in [0.717, 1.165) is 20.4 Å². The van der Waals surface area contributed by atoms with Gasteiger partial charge in [0.1, 0.15) is 5.75 Å². The Morgan fingerprint density at radius 3 is 2.47 bits per heavy atom. The van der Waals surface area contributed by atoms with Crippen molar-refractivity contribution in [2.24, 2.45) is 0 Å². The molecule has 17 heavy (non-hydrogen) atoms. The number of aliphatic hydroxyl groups is 1. The summed E-state index contributed by atoms with van der Waals surface area (Å²) in [5.74, 6) is 0.777. The minimum atomic E-state index is -0.654. The molecule has 0 unspecified atom stereocenters. The molecule has 1 rings (SSSR count). The van der Waals surface area contributed by atoms with E-state index < -0.39 is 5.60 Å². The van der Waals surface area contributed by atoms with Crippen LogP contribution >= 0.6 is 31.9 Å². The van der Waals surface area contributed by atoms with Crippen LogP contribution < -0.4 is 10.1 Å². The maximum absolute atomic E-state index is 9.63. The molecule has 0 aliphatic rings. The third-order valence-corrected chi connectivity index (χ3v) is 3.57. The van der Waals surface area contributed by atoms with Crippen molar-refractivity contribution < 1.29 is 9.84 Å². The van der Waals surface area contributed by atoms with Gasteiger partial charge in [0.05, 0.1) is 22.9 Å². The monoisotopic (exact) mass is 365 g/mol. The van der Waals surface area contributed by atoms with Gasteiger partial charge in [0.2, 0.25) is 0 Å². The molecule has 0 aliphatic heterocycles. The Hall–Kier alpha value is -0.260. The summed E-state index contributed by atoms with van der Waals surface area (Å²) < 4.78 is 7.09. The smallest absolute Gasteiger partial charge is 0.135 e. The van der Waals surface area contributed by atoms with Gasteiger partial charge >= 0.3 is 0 Å². The van der Waals surface area contributed by atoms with Crippen LogP contribution in [0.5, 0.6) is 5.75 Å². The van der Waals surface area contributed by atoms with Crippen LogP contribution in [0.4, 0.5) is 5.69 Å². The molecule has 0 saturated carbocycles. The highest BCUT2D eigenvalue weighted by Gasteiger charge is 2.12. The van der Waals surface area contributed by atoms with Crippen LogP contribution in [0.1, 0.15) is 20.3 Å². The average Bonchev–Trinajstić information content (AvgIpc) is 2.19. The second-order valence-electron chi connectivity index (χ2n) is 4.46. The summed E-state index contributed by atoms with van der Waals surface area (Å²) in [6.45, 7) is 4.30. The second-order valence-corrected chi connectivity index (χ2v) is 6.16. The van der Waals surface area contributed by atoms with Crippen LogP contribution in [-0.2, 0) is 0 Å². The van der Waals surface area contributed by atoms with Crippen LogP contribution in [0.3, 0.4) is 0 Å². The van der Waals surface area contributed by atoms with Crippen molar-refractivity contribution in [1.82, 2.24) is 0 Å². The summed E-state index contributed by atoms with van der Waals surface area (Å²) >= 11 is 6.90. The molecule has 0 saturated heterocycles. The Bertz CT molecular complexity index is 389. The summed E-state index contributed by atoms with van der Waals surface area (Å²) in [4.78, 5) is 0. The highest BCUT2D eigenvalue weighted by molar-refractivity contribution is 9.11. The van der Waals surface area contributed by atoms with Crippen LogP contribution in [0, 0.1) is 0 Å². The predicted molar refractivity (Wildman–Crippen MR) is 77.8 cm³/mol. The molecule has 0 atom stereocenters. The van der Waals surface area contributed by atoms with Gasteiger partial charge in [0.25, 0.3) is 0 Å². The van der Waals surface area contributed by atoms with E-state index in [1.54, 1.807) is 21.0 Å². The average molecular weight is 367 g/mol. The van der Waals surface area contributed by atoms with Crippen LogP contribution in [0.15, 0.2) is 21.1 Å². The Balaban J connectivity index is 2.71. The number of benzene rings is 1. The van der Waals surface area contributed by atoms with Crippen molar-refractivity contribution in [3.05, 3.63) is 21.1 Å². The van der Waals surface area contributed by atoms with Gasteiger partial charge in [-0.3, -0.25) is 0 Å². The largest absolute Gasteiger partial charge is 0.495 e. The Labute approximate surface area is 119 Å². The molecule has 1 aromatic carbocycles. The second kappa shape index (κ2) is 6.07. The summed E-state index contributed by atoms with van der Waals surface area (Å²) in [6, 6.07) is 3.85. The van der Waals surface area contributed by atoms with Crippen molar-refractivity contribution in [3.8, 4) is 5.75 Å². The van der Waals surface area contributed by atoms with Gasteiger partial charge in [-0.25, -0.2) is 0 Å². The molecular weight excluding hydrogens is 350 g/mol. The van der Waals surface area contributed by atoms with Gasteiger partial charge in [0.15, 0.2) is 0 Å². The molecule has 0 aromatic heterocycles. The number of hydrogen-bond donors (Lipinski definition) is 2. The lowest BCUT2D eigenvalue weighted by Crippen LogP contribution is -2.22. The molecule has 1 aromatic rings. The normalized spacial score (nSPS) is 11.4. The van der Waals surface area contributed by atoms with Gasteiger partial charge in [-0.1, -0.05) is 0 Å². The fraction of sp³-hybridized carbons (Fsp3) is 0.500. The summed E-state index contributed by atoms with van der Waals surface area (Å²) in [6.07, 6.45) is 0.678. The molecule has 0 heterocycles. The molecule has 0 amide bonds. The summed E-state index contributed by atoms with van der Waals surface area (Å²) in [5, 5.41) is 12.9. The Morgan fingerprint density at radius 1 is 1.29 bits per heavy atom. The van der Waals surface area contributed by atoms with E-state index in [-0.39, 0.29) is 0 Å². The molecule has 5 heteroatoms. The van der Waals surface area contributed by atoms with Crippen molar-refractivity contribution in [2.75, 3.05) is 19.0 Å². The Kier molecular flexibility index (Phi) is 5.28. The van der Waals surface area contributed by atoms with Crippen molar-refractivity contribution in [2.45, 2.75) is 25.9 Å². The maximum Gasteiger partial charge on any atom is 0.135 e. The van der Waals surface area contributed by atoms with Gasteiger partial charge in [0, 0.05) is 17.1 Å². The van der Waals surface area contributed by atoms with Crippen molar-refractivity contribution in [3.63, 3.8) is 0 Å². The molecule has 0 bridgehead atoms. The number of rotatable bonds is 5. The van der Waals surface area contributed by atoms with E-state index in [9.17, 15) is 5.11 Å². The van der Waals surface area contributed by atoms with Gasteiger partial charge < -0.3 is 15.2 Å². The standard InChI is InChI=1S/C12H17Br2NO2/c1-12(2,16)4-5-15-10-7-11(17-3)9(14)6-8(10)13/h6-7,15-16H,4-5H2,1-3H3. The molecule has 2 N–H and O–H groups in total. The van der Waals surface area contributed by atoms with E-state index in [1.807, 2.05) is 12.1 Å². The zero-order valence-corrected chi connectivity index (χ0v) is 13.4. The molecule has 3 nitrogen and oxygen atoms in total. The lowest BCUT2D eigenvalue weighted by atomic mass is 10.1. The molecule has 0 spiro atoms. The topological polar surface area (TPSA) is 41.5 Å². The fourth-order valence-corrected chi connectivity index (χ4v) is 2.62. The van der Waals surface area contributed by atoms with Crippen molar-refractivity contribution >= 4 is 37.5 Å². The zero-order chi connectivity index (χ0) is 13.1. The number of halogens is 2. The molecule has 0 radical (unpaired) electrons. The first-order chi connectivity index (χ1) is 7.83. The molecule has 96 valence electrons. The van der Waals surface area contributed by atoms with E-state index in [0.29, 0.717) is 13.0 Å². The quantitative estimate of drug-likeness (QED) is 0.832. The minimum Gasteiger partial charge on any atom is -0.495 e. The SMILES string of the molecule is COc1cc(NCCC(C)(C)O)c(Br)cc1Br. The third-order valence-electron chi connectivity index (χ3n) is 2.29. The minimum absolute atomic E-state index is 0.654. The third kappa shape index (κ3) is 4.85. The van der Waals surface area contributed by atoms with E-state index in [1.165, 1.54) is 0 Å². The van der Waals surface area contributed by atoms with Gasteiger partial charge in [-0.05, 0) is 58.2 Å². The molecular formula is C12H17Br2NO2. The lowest BCUT2D eigenvalue weighted by Gasteiger charge is -2.18. The van der Waals surface area contributed by atoms with Crippen LogP contribution in [-0.4, -0.2) is 24.4 Å². The lowest BCUT2D eigenvalue weighted by molar-refractivity contribution is 0.0749. The van der Waals surface area contributed by atoms with E-state index in [4.69, 9.17) is 4.74 Å². The number of anilines is 1. The number of methoxy groups -OCH3 is 1. The zero-order valence-electron chi connectivity index (χ0n) is 10.2.